The van der Waals surface area contributed by atoms with Crippen LogP contribution in [0.5, 0.6) is 5.75 Å². The Morgan fingerprint density at radius 1 is 0.850 bits per heavy atom. The molecule has 214 valence electrons. The summed E-state index contributed by atoms with van der Waals surface area (Å²) in [5.41, 5.74) is 3.02. The first-order valence-electron chi connectivity index (χ1n) is 13.3. The van der Waals surface area contributed by atoms with Gasteiger partial charge in [-0.3, -0.25) is 13.9 Å². The Labute approximate surface area is 238 Å². The van der Waals surface area contributed by atoms with Crippen molar-refractivity contribution in [2.75, 3.05) is 24.5 Å². The van der Waals surface area contributed by atoms with Gasteiger partial charge in [0.15, 0.2) is 0 Å². The zero-order valence-electron chi connectivity index (χ0n) is 24.0. The number of carbonyl (C=O) groups excluding carboxylic acids is 2. The Bertz CT molecular complexity index is 1390. The van der Waals surface area contributed by atoms with Crippen molar-refractivity contribution in [3.8, 4) is 5.75 Å². The monoisotopic (exact) mass is 565 g/mol. The van der Waals surface area contributed by atoms with Crippen molar-refractivity contribution in [3.05, 3.63) is 89.5 Å². The second kappa shape index (κ2) is 13.5. The lowest BCUT2D eigenvalue weighted by molar-refractivity contribution is -0.139. The molecule has 0 saturated carbocycles. The van der Waals surface area contributed by atoms with E-state index >= 15 is 0 Å². The van der Waals surface area contributed by atoms with Gasteiger partial charge in [0.05, 0.1) is 17.7 Å². The van der Waals surface area contributed by atoms with Crippen molar-refractivity contribution in [2.24, 2.45) is 5.92 Å². The topological polar surface area (TPSA) is 96.0 Å². The number of hydrogen-bond acceptors (Lipinski definition) is 5. The minimum atomic E-state index is -4.09. The van der Waals surface area contributed by atoms with Gasteiger partial charge in [-0.05, 0) is 68.7 Å². The molecule has 0 bridgehead atoms. The first-order valence-corrected chi connectivity index (χ1v) is 14.7. The summed E-state index contributed by atoms with van der Waals surface area (Å²) < 4.78 is 34.1. The van der Waals surface area contributed by atoms with Crippen molar-refractivity contribution < 1.29 is 22.7 Å². The van der Waals surface area contributed by atoms with Crippen LogP contribution in [0.15, 0.2) is 77.7 Å². The predicted octanol–water partition coefficient (Wildman–Crippen LogP) is 4.70. The number of anilines is 1. The number of amides is 2. The molecule has 8 nitrogen and oxygen atoms in total. The second-order valence-corrected chi connectivity index (χ2v) is 12.2. The van der Waals surface area contributed by atoms with Crippen LogP contribution in [0.25, 0.3) is 0 Å². The second-order valence-electron chi connectivity index (χ2n) is 10.3. The average Bonchev–Trinajstić information content (AvgIpc) is 2.93. The fraction of sp³-hybridized carbons (Fsp3) is 0.355. The molecule has 40 heavy (non-hydrogen) atoms. The molecule has 0 aliphatic rings. The maximum atomic E-state index is 14.0. The standard InChI is InChI=1S/C31H39N3O5S/c1-22(2)19-32-31(36)25(5)33(20-26-11-15-28(39-6)16-12-26)30(35)21-34(27-13-7-23(3)8-14-27)40(37,38)29-17-9-24(4)10-18-29/h7-18,22,25H,19-21H2,1-6H3,(H,32,36)/t25-/m1/s1. The van der Waals surface area contributed by atoms with Gasteiger partial charge < -0.3 is 15.0 Å². The summed E-state index contributed by atoms with van der Waals surface area (Å²) in [6.45, 7) is 9.51. The van der Waals surface area contributed by atoms with Gasteiger partial charge in [-0.1, -0.05) is 61.4 Å². The Hall–Kier alpha value is -3.85. The number of rotatable bonds is 12. The average molecular weight is 566 g/mol. The molecule has 2 amide bonds. The number of carbonyl (C=O) groups is 2. The van der Waals surface area contributed by atoms with E-state index < -0.39 is 28.5 Å². The predicted molar refractivity (Wildman–Crippen MR) is 158 cm³/mol. The molecular formula is C31H39N3O5S. The van der Waals surface area contributed by atoms with Gasteiger partial charge in [-0.15, -0.1) is 0 Å². The number of aryl methyl sites for hydroxylation is 2. The number of nitrogens with zero attached hydrogens (tertiary/aromatic N) is 2. The van der Waals surface area contributed by atoms with Crippen LogP contribution >= 0.6 is 0 Å². The Kier molecular flexibility index (Phi) is 10.3. The van der Waals surface area contributed by atoms with Crippen LogP contribution in [0, 0.1) is 19.8 Å². The lowest BCUT2D eigenvalue weighted by Crippen LogP contribution is -2.51. The zero-order chi connectivity index (χ0) is 29.4. The maximum absolute atomic E-state index is 14.0. The zero-order valence-corrected chi connectivity index (χ0v) is 24.9. The van der Waals surface area contributed by atoms with Crippen LogP contribution < -0.4 is 14.4 Å². The summed E-state index contributed by atoms with van der Waals surface area (Å²) in [6, 6.07) is 19.8. The number of nitrogens with one attached hydrogen (secondary N) is 1. The van der Waals surface area contributed by atoms with Crippen molar-refractivity contribution in [1.82, 2.24) is 10.2 Å². The third kappa shape index (κ3) is 7.85. The molecule has 1 atom stereocenters. The molecule has 0 unspecified atom stereocenters. The maximum Gasteiger partial charge on any atom is 0.264 e. The normalized spacial score (nSPS) is 12.1. The van der Waals surface area contributed by atoms with E-state index in [9.17, 15) is 18.0 Å². The van der Waals surface area contributed by atoms with E-state index in [4.69, 9.17) is 4.74 Å². The minimum absolute atomic E-state index is 0.0795. The highest BCUT2D eigenvalue weighted by Gasteiger charge is 2.32. The van der Waals surface area contributed by atoms with Gasteiger partial charge in [-0.2, -0.15) is 0 Å². The fourth-order valence-corrected chi connectivity index (χ4v) is 5.45. The van der Waals surface area contributed by atoms with E-state index in [1.807, 2.05) is 39.8 Å². The van der Waals surface area contributed by atoms with Gasteiger partial charge in [0.25, 0.3) is 10.0 Å². The molecule has 0 aliphatic heterocycles. The van der Waals surface area contributed by atoms with Gasteiger partial charge in [-0.25, -0.2) is 8.42 Å². The molecular weight excluding hydrogens is 526 g/mol. The quantitative estimate of drug-likeness (QED) is 0.344. The Morgan fingerprint density at radius 3 is 1.93 bits per heavy atom. The Morgan fingerprint density at radius 2 is 1.40 bits per heavy atom. The van der Waals surface area contributed by atoms with Crippen LogP contribution in [0.1, 0.15) is 37.5 Å². The number of ether oxygens (including phenoxy) is 1. The van der Waals surface area contributed by atoms with Crippen molar-refractivity contribution >= 4 is 27.5 Å². The molecule has 9 heteroatoms. The summed E-state index contributed by atoms with van der Waals surface area (Å²) in [4.78, 5) is 28.5. The lowest BCUT2D eigenvalue weighted by atomic mass is 10.1. The fourth-order valence-electron chi connectivity index (χ4n) is 4.04. The van der Waals surface area contributed by atoms with Crippen molar-refractivity contribution in [1.29, 1.82) is 0 Å². The van der Waals surface area contributed by atoms with E-state index in [2.05, 4.69) is 5.32 Å². The minimum Gasteiger partial charge on any atom is -0.497 e. The van der Waals surface area contributed by atoms with Gasteiger partial charge in [0, 0.05) is 13.1 Å². The number of benzene rings is 3. The molecule has 0 radical (unpaired) electrons. The van der Waals surface area contributed by atoms with Crippen molar-refractivity contribution in [2.45, 2.75) is 52.1 Å². The third-order valence-corrected chi connectivity index (χ3v) is 8.36. The van der Waals surface area contributed by atoms with Crippen LogP contribution in [-0.4, -0.2) is 51.4 Å². The molecule has 0 saturated heterocycles. The van der Waals surface area contributed by atoms with Crippen LogP contribution in [0.4, 0.5) is 5.69 Å². The molecule has 3 aromatic carbocycles. The smallest absolute Gasteiger partial charge is 0.264 e. The number of sulfonamides is 1. The first-order chi connectivity index (χ1) is 18.9. The van der Waals surface area contributed by atoms with Crippen LogP contribution in [0.2, 0.25) is 0 Å². The largest absolute Gasteiger partial charge is 0.497 e. The molecule has 0 aromatic heterocycles. The molecule has 0 spiro atoms. The van der Waals surface area contributed by atoms with E-state index in [0.29, 0.717) is 18.0 Å². The lowest BCUT2D eigenvalue weighted by Gasteiger charge is -2.32. The first kappa shape index (κ1) is 30.7. The molecule has 0 heterocycles. The summed E-state index contributed by atoms with van der Waals surface area (Å²) in [5.74, 6) is 0.0933. The summed E-state index contributed by atoms with van der Waals surface area (Å²) in [7, 11) is -2.52. The van der Waals surface area contributed by atoms with Gasteiger partial charge in [0.2, 0.25) is 11.8 Å². The van der Waals surface area contributed by atoms with E-state index in [1.54, 1.807) is 62.6 Å². The number of methoxy groups -OCH3 is 1. The SMILES string of the molecule is COc1ccc(CN(C(=O)CN(c2ccc(C)cc2)S(=O)(=O)c2ccc(C)cc2)[C@H](C)C(=O)NCC(C)C)cc1. The highest BCUT2D eigenvalue weighted by atomic mass is 32.2. The van der Waals surface area contributed by atoms with E-state index in [0.717, 1.165) is 21.0 Å². The third-order valence-electron chi connectivity index (χ3n) is 6.57. The van der Waals surface area contributed by atoms with Crippen molar-refractivity contribution in [3.63, 3.8) is 0 Å². The molecule has 0 aliphatic carbocycles. The van der Waals surface area contributed by atoms with Crippen LogP contribution in [-0.2, 0) is 26.2 Å². The number of hydrogen-bond donors (Lipinski definition) is 1. The highest BCUT2D eigenvalue weighted by Crippen LogP contribution is 2.25. The van der Waals surface area contributed by atoms with Gasteiger partial charge >= 0.3 is 0 Å². The van der Waals surface area contributed by atoms with Crippen LogP contribution in [0.3, 0.4) is 0 Å². The van der Waals surface area contributed by atoms with E-state index in [-0.39, 0.29) is 23.3 Å². The summed E-state index contributed by atoms with van der Waals surface area (Å²) in [6.07, 6.45) is 0. The van der Waals surface area contributed by atoms with Gasteiger partial charge in [0.1, 0.15) is 18.3 Å². The molecule has 0 fully saturated rings. The Balaban J connectivity index is 2.00. The highest BCUT2D eigenvalue weighted by molar-refractivity contribution is 7.92. The van der Waals surface area contributed by atoms with E-state index in [1.165, 1.54) is 17.0 Å². The summed E-state index contributed by atoms with van der Waals surface area (Å²) >= 11 is 0. The molecule has 3 aromatic rings. The summed E-state index contributed by atoms with van der Waals surface area (Å²) in [5, 5.41) is 2.89. The molecule has 3 rings (SSSR count). The molecule has 1 N–H and O–H groups in total.